The number of methoxy groups -OCH3 is 2. The van der Waals surface area contributed by atoms with Crippen molar-refractivity contribution in [2.24, 2.45) is 0 Å². The molecule has 0 bridgehead atoms. The first-order chi connectivity index (χ1) is 16.2. The molecule has 3 aromatic rings. The van der Waals surface area contributed by atoms with Crippen LogP contribution in [-0.2, 0) is 10.3 Å². The highest BCUT2D eigenvalue weighted by Gasteiger charge is 2.56. The van der Waals surface area contributed by atoms with Gasteiger partial charge in [0.15, 0.2) is 28.6 Å². The molecule has 174 valence electrons. The van der Waals surface area contributed by atoms with Crippen LogP contribution >= 0.6 is 23.2 Å². The van der Waals surface area contributed by atoms with Crippen molar-refractivity contribution in [2.45, 2.75) is 5.60 Å². The van der Waals surface area contributed by atoms with Crippen molar-refractivity contribution >= 4 is 35.1 Å². The third kappa shape index (κ3) is 2.62. The van der Waals surface area contributed by atoms with E-state index in [1.807, 2.05) is 0 Å². The predicted octanol–water partition coefficient (Wildman–Crippen LogP) is 4.69. The smallest absolute Gasteiger partial charge is 0.344 e. The maximum Gasteiger partial charge on any atom is 0.344 e. The number of aromatic hydroxyl groups is 2. The van der Waals surface area contributed by atoms with E-state index < -0.39 is 17.5 Å². The van der Waals surface area contributed by atoms with E-state index in [9.17, 15) is 24.9 Å². The Hall–Kier alpha value is -3.82. The Balaban J connectivity index is 1.99. The summed E-state index contributed by atoms with van der Waals surface area (Å²) in [7, 11) is 2.51. The Kier molecular flexibility index (Phi) is 4.75. The van der Waals surface area contributed by atoms with Crippen molar-refractivity contribution in [1.29, 1.82) is 0 Å². The topological polar surface area (TPSA) is 132 Å². The highest BCUT2D eigenvalue weighted by atomic mass is 35.5. The summed E-state index contributed by atoms with van der Waals surface area (Å²) in [5.41, 5.74) is -1.67. The largest absolute Gasteiger partial charge is 0.506 e. The normalized spacial score (nSPS) is 14.5. The number of carbonyl (C=O) groups excluding carboxylic acids is 1. The zero-order chi connectivity index (χ0) is 24.5. The first-order valence-corrected chi connectivity index (χ1v) is 10.4. The molecule has 0 aromatic heterocycles. The first kappa shape index (κ1) is 22.0. The third-order valence-corrected chi connectivity index (χ3v) is 6.55. The molecule has 3 N–H and O–H groups in total. The number of rotatable bonds is 3. The summed E-state index contributed by atoms with van der Waals surface area (Å²) >= 11 is 12.6. The summed E-state index contributed by atoms with van der Waals surface area (Å²) in [5, 5.41) is 29.8. The van der Waals surface area contributed by atoms with E-state index in [-0.39, 0.29) is 72.4 Å². The fraction of sp³-hybridized carbons (Fsp3) is 0.130. The molecular weight excluding hydrogens is 491 g/mol. The van der Waals surface area contributed by atoms with Crippen LogP contribution in [0.2, 0.25) is 10.0 Å². The monoisotopic (exact) mass is 504 g/mol. The van der Waals surface area contributed by atoms with Gasteiger partial charge in [-0.1, -0.05) is 23.2 Å². The summed E-state index contributed by atoms with van der Waals surface area (Å²) in [4.78, 5) is 25.4. The van der Waals surface area contributed by atoms with Gasteiger partial charge in [0, 0.05) is 16.7 Å². The number of carboxylic acid groups (broad SMARTS) is 1. The zero-order valence-electron chi connectivity index (χ0n) is 17.4. The number of carbonyl (C=O) groups is 2. The number of esters is 1. The minimum absolute atomic E-state index is 0.0726. The minimum Gasteiger partial charge on any atom is -0.506 e. The molecule has 0 aliphatic carbocycles. The van der Waals surface area contributed by atoms with E-state index in [0.717, 1.165) is 0 Å². The second-order valence-corrected chi connectivity index (χ2v) is 8.20. The van der Waals surface area contributed by atoms with Crippen molar-refractivity contribution in [3.63, 3.8) is 0 Å². The Morgan fingerprint density at radius 1 is 0.912 bits per heavy atom. The van der Waals surface area contributed by atoms with Gasteiger partial charge in [-0.05, 0) is 30.3 Å². The molecule has 0 unspecified atom stereocenters. The van der Waals surface area contributed by atoms with E-state index >= 15 is 0 Å². The molecule has 5 rings (SSSR count). The van der Waals surface area contributed by atoms with Crippen LogP contribution in [0.1, 0.15) is 37.4 Å². The van der Waals surface area contributed by atoms with Gasteiger partial charge in [0.05, 0.1) is 14.2 Å². The molecule has 0 radical (unpaired) electrons. The summed E-state index contributed by atoms with van der Waals surface area (Å²) in [6.45, 7) is 0. The van der Waals surface area contributed by atoms with Crippen molar-refractivity contribution in [3.05, 3.63) is 68.2 Å². The van der Waals surface area contributed by atoms with E-state index in [1.165, 1.54) is 44.6 Å². The van der Waals surface area contributed by atoms with Gasteiger partial charge in [-0.25, -0.2) is 9.59 Å². The molecule has 3 aromatic carbocycles. The van der Waals surface area contributed by atoms with Crippen molar-refractivity contribution < 1.29 is 43.9 Å². The van der Waals surface area contributed by atoms with Gasteiger partial charge in [-0.15, -0.1) is 0 Å². The van der Waals surface area contributed by atoms with Gasteiger partial charge in [0.2, 0.25) is 0 Å². The molecule has 0 amide bonds. The van der Waals surface area contributed by atoms with Crippen molar-refractivity contribution in [3.8, 4) is 34.5 Å². The number of phenols is 2. The molecule has 2 heterocycles. The van der Waals surface area contributed by atoms with E-state index in [2.05, 4.69) is 0 Å². The number of phenolic OH excluding ortho intramolecular Hbond substituents is 2. The summed E-state index contributed by atoms with van der Waals surface area (Å²) in [6, 6.07) is 6.66. The minimum atomic E-state index is -1.80. The van der Waals surface area contributed by atoms with E-state index in [1.54, 1.807) is 0 Å². The Labute approximate surface area is 201 Å². The van der Waals surface area contributed by atoms with E-state index in [4.69, 9.17) is 42.1 Å². The SMILES string of the molecule is COc1c(C(=O)O)cc2c(c1OC)C(=O)OC21c2ccc(O)c(Cl)c2Oc2c1ccc(O)c2Cl. The highest BCUT2D eigenvalue weighted by Crippen LogP contribution is 2.62. The Bertz CT molecular complexity index is 1370. The maximum absolute atomic E-state index is 13.3. The lowest BCUT2D eigenvalue weighted by Crippen LogP contribution is -2.33. The second-order valence-electron chi connectivity index (χ2n) is 7.44. The lowest BCUT2D eigenvalue weighted by atomic mass is 9.77. The number of aromatic carboxylic acids is 1. The highest BCUT2D eigenvalue weighted by molar-refractivity contribution is 6.34. The van der Waals surface area contributed by atoms with Crippen molar-refractivity contribution in [1.82, 2.24) is 0 Å². The average molecular weight is 505 g/mol. The summed E-state index contributed by atoms with van der Waals surface area (Å²) < 4.78 is 22.4. The molecule has 0 atom stereocenters. The fourth-order valence-corrected chi connectivity index (χ4v) is 4.82. The van der Waals surface area contributed by atoms with Gasteiger partial charge in [0.1, 0.15) is 32.7 Å². The number of hydrogen-bond acceptors (Lipinski definition) is 8. The number of ether oxygens (including phenoxy) is 4. The molecule has 2 aliphatic rings. The van der Waals surface area contributed by atoms with Gasteiger partial charge in [0.25, 0.3) is 0 Å². The third-order valence-electron chi connectivity index (χ3n) is 5.82. The van der Waals surface area contributed by atoms with Gasteiger partial charge < -0.3 is 34.3 Å². The molecular formula is C23H14Cl2O9. The molecule has 0 saturated heterocycles. The quantitative estimate of drug-likeness (QED) is 0.434. The molecule has 34 heavy (non-hydrogen) atoms. The average Bonchev–Trinajstić information content (AvgIpc) is 3.10. The van der Waals surface area contributed by atoms with Crippen LogP contribution in [-0.4, -0.2) is 41.5 Å². The number of hydrogen-bond donors (Lipinski definition) is 3. The number of carboxylic acids is 1. The van der Waals surface area contributed by atoms with E-state index in [0.29, 0.717) is 0 Å². The van der Waals surface area contributed by atoms with Gasteiger partial charge in [-0.2, -0.15) is 0 Å². The van der Waals surface area contributed by atoms with Crippen LogP contribution in [0.25, 0.3) is 0 Å². The molecule has 1 spiro atoms. The maximum atomic E-state index is 13.3. The molecule has 9 nitrogen and oxygen atoms in total. The van der Waals surface area contributed by atoms with Crippen LogP contribution in [0.3, 0.4) is 0 Å². The summed E-state index contributed by atoms with van der Waals surface area (Å²) in [6.07, 6.45) is 0. The van der Waals surface area contributed by atoms with Crippen LogP contribution in [0, 0.1) is 0 Å². The first-order valence-electron chi connectivity index (χ1n) is 9.65. The van der Waals surface area contributed by atoms with Crippen LogP contribution in [0.5, 0.6) is 34.5 Å². The molecule has 0 saturated carbocycles. The number of halogens is 2. The lowest BCUT2D eigenvalue weighted by Gasteiger charge is -2.37. The Morgan fingerprint density at radius 2 is 1.44 bits per heavy atom. The van der Waals surface area contributed by atoms with Crippen molar-refractivity contribution in [2.75, 3.05) is 14.2 Å². The summed E-state index contributed by atoms with van der Waals surface area (Å²) in [5.74, 6) is -3.30. The van der Waals surface area contributed by atoms with Gasteiger partial charge in [-0.3, -0.25) is 0 Å². The van der Waals surface area contributed by atoms with Crippen LogP contribution < -0.4 is 14.2 Å². The fourth-order valence-electron chi connectivity index (χ4n) is 4.41. The lowest BCUT2D eigenvalue weighted by molar-refractivity contribution is 0.0223. The number of fused-ring (bicyclic) bond motifs is 6. The number of benzene rings is 3. The Morgan fingerprint density at radius 3 is 1.91 bits per heavy atom. The molecule has 0 fully saturated rings. The second kappa shape index (κ2) is 7.34. The molecule has 2 aliphatic heterocycles. The van der Waals surface area contributed by atoms with Gasteiger partial charge >= 0.3 is 11.9 Å². The molecule has 11 heteroatoms. The van der Waals surface area contributed by atoms with Crippen LogP contribution in [0.15, 0.2) is 30.3 Å². The standard InChI is InChI=1S/C23H14Cl2O9/c1-31-17-8(21(28)29)7-11-14(20(17)32-2)22(30)34-23(11)9-3-5-12(26)15(24)18(9)33-19-10(23)4-6-13(27)16(19)25/h3-7,26-27H,1-2H3,(H,28,29). The predicted molar refractivity (Wildman–Crippen MR) is 118 cm³/mol. The zero-order valence-corrected chi connectivity index (χ0v) is 18.9. The van der Waals surface area contributed by atoms with Crippen LogP contribution in [0.4, 0.5) is 0 Å².